The van der Waals surface area contributed by atoms with Gasteiger partial charge in [0, 0.05) is 18.8 Å². The lowest BCUT2D eigenvalue weighted by Crippen LogP contribution is -2.13. The first-order chi connectivity index (χ1) is 9.27. The molecule has 2 nitrogen and oxygen atoms in total. The zero-order valence-electron chi connectivity index (χ0n) is 12.4. The van der Waals surface area contributed by atoms with E-state index in [4.69, 9.17) is 4.74 Å². The highest BCUT2D eigenvalue weighted by atomic mass is 16.5. The number of hydrogen-bond donors (Lipinski definition) is 1. The van der Waals surface area contributed by atoms with Gasteiger partial charge in [-0.15, -0.1) is 0 Å². The lowest BCUT2D eigenvalue weighted by atomic mass is 9.90. The maximum absolute atomic E-state index is 5.65. The normalized spacial score (nSPS) is 14.5. The summed E-state index contributed by atoms with van der Waals surface area (Å²) < 4.78 is 5.65. The molecule has 0 unspecified atom stereocenters. The van der Waals surface area contributed by atoms with Gasteiger partial charge in [0.2, 0.25) is 0 Å². The molecule has 2 rings (SSSR count). The molecule has 0 saturated heterocycles. The Morgan fingerprint density at radius 1 is 1.16 bits per heavy atom. The Morgan fingerprint density at radius 2 is 2.00 bits per heavy atom. The second kappa shape index (κ2) is 7.54. The molecule has 1 aromatic rings. The summed E-state index contributed by atoms with van der Waals surface area (Å²) in [5.41, 5.74) is 4.40. The Hall–Kier alpha value is -1.02. The highest BCUT2D eigenvalue weighted by Gasteiger charge is 2.12. The zero-order valence-corrected chi connectivity index (χ0v) is 12.4. The van der Waals surface area contributed by atoms with E-state index in [1.54, 1.807) is 0 Å². The highest BCUT2D eigenvalue weighted by molar-refractivity contribution is 5.55. The first-order valence-electron chi connectivity index (χ1n) is 7.69. The molecule has 0 atom stereocenters. The van der Waals surface area contributed by atoms with E-state index in [9.17, 15) is 0 Å². The predicted molar refractivity (Wildman–Crippen MR) is 81.8 cm³/mol. The van der Waals surface area contributed by atoms with Crippen LogP contribution in [0, 0.1) is 5.92 Å². The molecular formula is C17H27NO. The van der Waals surface area contributed by atoms with Crippen molar-refractivity contribution in [3.05, 3.63) is 29.3 Å². The van der Waals surface area contributed by atoms with E-state index < -0.39 is 0 Å². The number of ether oxygens (including phenoxy) is 1. The van der Waals surface area contributed by atoms with Gasteiger partial charge in [0.15, 0.2) is 0 Å². The summed E-state index contributed by atoms with van der Waals surface area (Å²) in [5.74, 6) is 0.731. The molecule has 1 aliphatic carbocycles. The molecule has 0 saturated carbocycles. The third kappa shape index (κ3) is 4.54. The number of hydrogen-bond acceptors (Lipinski definition) is 2. The largest absolute Gasteiger partial charge is 0.382 e. The molecule has 0 spiro atoms. The van der Waals surface area contributed by atoms with Gasteiger partial charge in [-0.2, -0.15) is 0 Å². The molecule has 19 heavy (non-hydrogen) atoms. The minimum absolute atomic E-state index is 0.731. The van der Waals surface area contributed by atoms with Crippen molar-refractivity contribution in [2.45, 2.75) is 46.0 Å². The summed E-state index contributed by atoms with van der Waals surface area (Å²) in [4.78, 5) is 0. The van der Waals surface area contributed by atoms with Gasteiger partial charge in [-0.05, 0) is 55.2 Å². The van der Waals surface area contributed by atoms with Crippen LogP contribution in [0.4, 0.5) is 5.69 Å². The number of anilines is 1. The molecular weight excluding hydrogens is 234 g/mol. The molecule has 0 heterocycles. The Balaban J connectivity index is 1.74. The van der Waals surface area contributed by atoms with Gasteiger partial charge in [-0.3, -0.25) is 0 Å². The van der Waals surface area contributed by atoms with Gasteiger partial charge in [-0.1, -0.05) is 26.0 Å². The van der Waals surface area contributed by atoms with Crippen LogP contribution in [0.5, 0.6) is 0 Å². The van der Waals surface area contributed by atoms with Crippen molar-refractivity contribution in [1.29, 1.82) is 0 Å². The average Bonchev–Trinajstić information content (AvgIpc) is 2.42. The van der Waals surface area contributed by atoms with Crippen molar-refractivity contribution < 1.29 is 4.74 Å². The number of fused-ring (bicyclic) bond motifs is 1. The molecule has 0 bridgehead atoms. The molecule has 2 heteroatoms. The molecule has 0 aliphatic heterocycles. The van der Waals surface area contributed by atoms with Crippen LogP contribution in [0.3, 0.4) is 0 Å². The smallest absolute Gasteiger partial charge is 0.0639 e. The van der Waals surface area contributed by atoms with Crippen molar-refractivity contribution in [3.63, 3.8) is 0 Å². The van der Waals surface area contributed by atoms with Crippen LogP contribution < -0.4 is 5.32 Å². The summed E-state index contributed by atoms with van der Waals surface area (Å²) in [6.45, 7) is 7.06. The SMILES string of the molecule is CC(C)CCOCCNc1cccc2c1CCCC2. The Labute approximate surface area is 117 Å². The van der Waals surface area contributed by atoms with E-state index in [0.29, 0.717) is 0 Å². The third-order valence-corrected chi connectivity index (χ3v) is 3.80. The summed E-state index contributed by atoms with van der Waals surface area (Å²) >= 11 is 0. The molecule has 0 fully saturated rings. The van der Waals surface area contributed by atoms with Crippen LogP contribution in [0.2, 0.25) is 0 Å². The van der Waals surface area contributed by atoms with Crippen LogP contribution in [-0.2, 0) is 17.6 Å². The fourth-order valence-corrected chi connectivity index (χ4v) is 2.63. The fourth-order valence-electron chi connectivity index (χ4n) is 2.63. The Morgan fingerprint density at radius 3 is 2.84 bits per heavy atom. The number of benzene rings is 1. The van der Waals surface area contributed by atoms with E-state index in [0.717, 1.165) is 32.1 Å². The molecule has 0 amide bonds. The second-order valence-electron chi connectivity index (χ2n) is 5.87. The van der Waals surface area contributed by atoms with Crippen LogP contribution in [-0.4, -0.2) is 19.8 Å². The molecule has 1 aliphatic rings. The van der Waals surface area contributed by atoms with E-state index in [1.165, 1.54) is 42.5 Å². The molecule has 106 valence electrons. The van der Waals surface area contributed by atoms with Crippen molar-refractivity contribution in [2.75, 3.05) is 25.1 Å². The summed E-state index contributed by atoms with van der Waals surface area (Å²) in [6, 6.07) is 6.66. The second-order valence-corrected chi connectivity index (χ2v) is 5.87. The van der Waals surface area contributed by atoms with Crippen molar-refractivity contribution in [3.8, 4) is 0 Å². The van der Waals surface area contributed by atoms with Crippen LogP contribution in [0.25, 0.3) is 0 Å². The summed E-state index contributed by atoms with van der Waals surface area (Å²) in [5, 5.41) is 3.54. The molecule has 1 aromatic carbocycles. The van der Waals surface area contributed by atoms with E-state index in [2.05, 4.69) is 37.4 Å². The lowest BCUT2D eigenvalue weighted by Gasteiger charge is -2.20. The van der Waals surface area contributed by atoms with E-state index >= 15 is 0 Å². The first-order valence-corrected chi connectivity index (χ1v) is 7.69. The fraction of sp³-hybridized carbons (Fsp3) is 0.647. The number of aryl methyl sites for hydroxylation is 1. The van der Waals surface area contributed by atoms with Gasteiger partial charge in [0.05, 0.1) is 6.61 Å². The van der Waals surface area contributed by atoms with Gasteiger partial charge in [0.1, 0.15) is 0 Å². The number of rotatable bonds is 7. The summed E-state index contributed by atoms with van der Waals surface area (Å²) in [7, 11) is 0. The Kier molecular flexibility index (Phi) is 5.71. The van der Waals surface area contributed by atoms with Gasteiger partial charge >= 0.3 is 0 Å². The summed E-state index contributed by atoms with van der Waals surface area (Å²) in [6.07, 6.45) is 6.30. The van der Waals surface area contributed by atoms with Gasteiger partial charge in [-0.25, -0.2) is 0 Å². The van der Waals surface area contributed by atoms with Crippen LogP contribution in [0.15, 0.2) is 18.2 Å². The average molecular weight is 261 g/mol. The van der Waals surface area contributed by atoms with Gasteiger partial charge in [0.25, 0.3) is 0 Å². The minimum atomic E-state index is 0.731. The third-order valence-electron chi connectivity index (χ3n) is 3.80. The quantitative estimate of drug-likeness (QED) is 0.748. The van der Waals surface area contributed by atoms with Crippen molar-refractivity contribution in [2.24, 2.45) is 5.92 Å². The maximum Gasteiger partial charge on any atom is 0.0639 e. The molecule has 0 aromatic heterocycles. The predicted octanol–water partition coefficient (Wildman–Crippen LogP) is 4.04. The number of nitrogens with one attached hydrogen (secondary N) is 1. The van der Waals surface area contributed by atoms with Crippen LogP contribution in [0.1, 0.15) is 44.2 Å². The standard InChI is InChI=1S/C17H27NO/c1-14(2)10-12-19-13-11-18-17-9-5-7-15-6-3-4-8-16(15)17/h5,7,9,14,18H,3-4,6,8,10-13H2,1-2H3. The molecule has 0 radical (unpaired) electrons. The van der Waals surface area contributed by atoms with E-state index in [-0.39, 0.29) is 0 Å². The maximum atomic E-state index is 5.65. The highest BCUT2D eigenvalue weighted by Crippen LogP contribution is 2.27. The van der Waals surface area contributed by atoms with E-state index in [1.807, 2.05) is 0 Å². The first kappa shape index (κ1) is 14.4. The van der Waals surface area contributed by atoms with Crippen LogP contribution >= 0.6 is 0 Å². The minimum Gasteiger partial charge on any atom is -0.382 e. The lowest BCUT2D eigenvalue weighted by molar-refractivity contribution is 0.132. The molecule has 1 N–H and O–H groups in total. The topological polar surface area (TPSA) is 21.3 Å². The van der Waals surface area contributed by atoms with Crippen molar-refractivity contribution >= 4 is 5.69 Å². The van der Waals surface area contributed by atoms with Gasteiger partial charge < -0.3 is 10.1 Å². The monoisotopic (exact) mass is 261 g/mol. The zero-order chi connectivity index (χ0) is 13.5. The van der Waals surface area contributed by atoms with Crippen molar-refractivity contribution in [1.82, 2.24) is 0 Å². The Bertz CT molecular complexity index is 387.